The lowest BCUT2D eigenvalue weighted by Gasteiger charge is -2.25. The van der Waals surface area contributed by atoms with Crippen molar-refractivity contribution in [3.8, 4) is 0 Å². The van der Waals surface area contributed by atoms with Gasteiger partial charge in [-0.1, -0.05) is 18.2 Å². The molecule has 124 valence electrons. The number of amides is 1. The number of carbonyl (C=O) groups excluding carboxylic acids is 1. The van der Waals surface area contributed by atoms with Crippen LogP contribution in [0.15, 0.2) is 18.2 Å². The number of likely N-dealkylation sites (N-methyl/N-ethyl adjacent to an activating group) is 1. The molecule has 0 aliphatic heterocycles. The molecule has 0 atom stereocenters. The molecule has 0 fully saturated rings. The topological polar surface area (TPSA) is 69.7 Å². The molecule has 1 rings (SSSR count). The van der Waals surface area contributed by atoms with E-state index in [1.54, 1.807) is 0 Å². The molecule has 22 heavy (non-hydrogen) atoms. The van der Waals surface area contributed by atoms with Gasteiger partial charge in [-0.05, 0) is 39.1 Å². The van der Waals surface area contributed by atoms with Crippen molar-refractivity contribution >= 4 is 21.6 Å². The molecule has 0 bridgehead atoms. The first kappa shape index (κ1) is 18.4. The minimum Gasteiger partial charge on any atom is -0.353 e. The summed E-state index contributed by atoms with van der Waals surface area (Å²) in [4.78, 5) is 14.0. The van der Waals surface area contributed by atoms with Gasteiger partial charge in [0.25, 0.3) is 0 Å². The van der Waals surface area contributed by atoms with Gasteiger partial charge in [0.05, 0.1) is 11.9 Å². The van der Waals surface area contributed by atoms with Gasteiger partial charge in [0, 0.05) is 13.1 Å². The van der Waals surface area contributed by atoms with Gasteiger partial charge in [-0.3, -0.25) is 9.10 Å². The number of hydrogen-bond donors (Lipinski definition) is 1. The number of rotatable bonds is 7. The molecule has 0 spiro atoms. The van der Waals surface area contributed by atoms with Crippen molar-refractivity contribution in [2.45, 2.75) is 13.8 Å². The van der Waals surface area contributed by atoms with E-state index in [2.05, 4.69) is 5.32 Å². The molecule has 0 unspecified atom stereocenters. The Balaban J connectivity index is 2.95. The Morgan fingerprint density at radius 1 is 1.18 bits per heavy atom. The highest BCUT2D eigenvalue weighted by molar-refractivity contribution is 7.92. The van der Waals surface area contributed by atoms with E-state index in [9.17, 15) is 13.2 Å². The van der Waals surface area contributed by atoms with Crippen molar-refractivity contribution < 1.29 is 13.2 Å². The summed E-state index contributed by atoms with van der Waals surface area (Å²) in [7, 11) is 0.279. The molecule has 0 saturated carbocycles. The van der Waals surface area contributed by atoms with Gasteiger partial charge in [0.2, 0.25) is 15.9 Å². The molecule has 0 saturated heterocycles. The number of benzene rings is 1. The van der Waals surface area contributed by atoms with Crippen LogP contribution in [0, 0.1) is 13.8 Å². The maximum atomic E-state index is 12.1. The number of hydrogen-bond acceptors (Lipinski definition) is 4. The maximum absolute atomic E-state index is 12.1. The Morgan fingerprint density at radius 3 is 2.18 bits per heavy atom. The second-order valence-corrected chi connectivity index (χ2v) is 7.57. The van der Waals surface area contributed by atoms with E-state index in [1.807, 2.05) is 51.0 Å². The van der Waals surface area contributed by atoms with Crippen LogP contribution in [0.4, 0.5) is 5.69 Å². The number of anilines is 1. The van der Waals surface area contributed by atoms with Crippen LogP contribution in [-0.2, 0) is 14.8 Å². The molecule has 1 aromatic rings. The molecule has 1 amide bonds. The van der Waals surface area contributed by atoms with E-state index in [4.69, 9.17) is 0 Å². The summed E-state index contributed by atoms with van der Waals surface area (Å²) >= 11 is 0. The minimum absolute atomic E-state index is 0.210. The fourth-order valence-corrected chi connectivity index (χ4v) is 3.14. The van der Waals surface area contributed by atoms with Gasteiger partial charge in [-0.25, -0.2) is 8.42 Å². The number of sulfonamides is 1. The van der Waals surface area contributed by atoms with Crippen molar-refractivity contribution in [2.24, 2.45) is 0 Å². The summed E-state index contributed by atoms with van der Waals surface area (Å²) in [6.07, 6.45) is 1.12. The second kappa shape index (κ2) is 7.60. The average Bonchev–Trinajstić information content (AvgIpc) is 2.35. The van der Waals surface area contributed by atoms with Gasteiger partial charge in [0.15, 0.2) is 0 Å². The lowest BCUT2D eigenvalue weighted by molar-refractivity contribution is -0.119. The number of nitrogens with zero attached hydrogens (tertiary/aromatic N) is 2. The number of para-hydroxylation sites is 1. The third-order valence-electron chi connectivity index (χ3n) is 3.26. The van der Waals surface area contributed by atoms with Crippen molar-refractivity contribution in [1.29, 1.82) is 0 Å². The lowest BCUT2D eigenvalue weighted by atomic mass is 10.1. The Morgan fingerprint density at radius 2 is 1.73 bits per heavy atom. The first-order valence-electron chi connectivity index (χ1n) is 7.08. The molecule has 0 radical (unpaired) electrons. The van der Waals surface area contributed by atoms with Crippen LogP contribution < -0.4 is 9.62 Å². The van der Waals surface area contributed by atoms with Crippen LogP contribution in [0.1, 0.15) is 11.1 Å². The molecule has 0 heterocycles. The zero-order valence-corrected chi connectivity index (χ0v) is 14.7. The summed E-state index contributed by atoms with van der Waals surface area (Å²) in [6.45, 7) is 4.65. The third kappa shape index (κ3) is 5.31. The van der Waals surface area contributed by atoms with Crippen LogP contribution in [0.3, 0.4) is 0 Å². The number of aryl methyl sites for hydroxylation is 2. The first-order valence-corrected chi connectivity index (χ1v) is 8.93. The van der Waals surface area contributed by atoms with Crippen LogP contribution in [0.2, 0.25) is 0 Å². The first-order chi connectivity index (χ1) is 10.1. The minimum atomic E-state index is -3.54. The second-order valence-electron chi connectivity index (χ2n) is 5.66. The molecule has 1 aromatic carbocycles. The van der Waals surface area contributed by atoms with E-state index >= 15 is 0 Å². The number of carbonyl (C=O) groups is 1. The number of nitrogens with one attached hydrogen (secondary N) is 1. The van der Waals surface area contributed by atoms with E-state index in [0.717, 1.165) is 17.4 Å². The van der Waals surface area contributed by atoms with Crippen LogP contribution >= 0.6 is 0 Å². The van der Waals surface area contributed by atoms with Crippen molar-refractivity contribution in [3.05, 3.63) is 29.3 Å². The Labute approximate surface area is 133 Å². The third-order valence-corrected chi connectivity index (χ3v) is 4.37. The van der Waals surface area contributed by atoms with E-state index in [-0.39, 0.29) is 12.5 Å². The quantitative estimate of drug-likeness (QED) is 0.802. The van der Waals surface area contributed by atoms with E-state index in [0.29, 0.717) is 18.8 Å². The van der Waals surface area contributed by atoms with Gasteiger partial charge < -0.3 is 10.2 Å². The smallest absolute Gasteiger partial charge is 0.240 e. The summed E-state index contributed by atoms with van der Waals surface area (Å²) in [5.41, 5.74) is 2.23. The molecule has 0 aliphatic rings. The Hall–Kier alpha value is -1.60. The van der Waals surface area contributed by atoms with E-state index in [1.165, 1.54) is 4.31 Å². The zero-order chi connectivity index (χ0) is 16.9. The fourth-order valence-electron chi connectivity index (χ4n) is 2.17. The highest BCUT2D eigenvalue weighted by atomic mass is 32.2. The lowest BCUT2D eigenvalue weighted by Crippen LogP contribution is -2.42. The molecule has 7 heteroatoms. The largest absolute Gasteiger partial charge is 0.353 e. The molecule has 0 aliphatic carbocycles. The molecular formula is C15H25N3O3S. The van der Waals surface area contributed by atoms with Crippen LogP contribution in [-0.4, -0.2) is 59.2 Å². The predicted octanol–water partition coefficient (Wildman–Crippen LogP) is 0.747. The SMILES string of the molecule is Cc1cccc(C)c1N(CC(=O)NCCN(C)C)S(C)(=O)=O. The average molecular weight is 327 g/mol. The molecule has 1 N–H and O–H groups in total. The van der Waals surface area contributed by atoms with Gasteiger partial charge in [-0.2, -0.15) is 0 Å². The fraction of sp³-hybridized carbons (Fsp3) is 0.533. The van der Waals surface area contributed by atoms with Crippen LogP contribution in [0.5, 0.6) is 0 Å². The highest BCUT2D eigenvalue weighted by Crippen LogP contribution is 2.26. The van der Waals surface area contributed by atoms with Crippen LogP contribution in [0.25, 0.3) is 0 Å². The maximum Gasteiger partial charge on any atom is 0.240 e. The van der Waals surface area contributed by atoms with Crippen molar-refractivity contribution in [3.63, 3.8) is 0 Å². The molecular weight excluding hydrogens is 302 g/mol. The predicted molar refractivity (Wildman–Crippen MR) is 89.7 cm³/mol. The highest BCUT2D eigenvalue weighted by Gasteiger charge is 2.23. The summed E-state index contributed by atoms with van der Waals surface area (Å²) < 4.78 is 25.4. The normalized spacial score (nSPS) is 11.5. The van der Waals surface area contributed by atoms with Gasteiger partial charge in [-0.15, -0.1) is 0 Å². The van der Waals surface area contributed by atoms with Crippen molar-refractivity contribution in [1.82, 2.24) is 10.2 Å². The Kier molecular flexibility index (Phi) is 6.37. The van der Waals surface area contributed by atoms with Gasteiger partial charge in [0.1, 0.15) is 6.54 Å². The summed E-state index contributed by atoms with van der Waals surface area (Å²) in [5, 5.41) is 2.74. The monoisotopic (exact) mass is 327 g/mol. The standard InChI is InChI=1S/C15H25N3O3S/c1-12-7-6-8-13(2)15(12)18(22(5,20)21)11-14(19)16-9-10-17(3)4/h6-8H,9-11H2,1-5H3,(H,16,19). The molecule has 6 nitrogen and oxygen atoms in total. The zero-order valence-electron chi connectivity index (χ0n) is 13.9. The Bertz CT molecular complexity index is 607. The summed E-state index contributed by atoms with van der Waals surface area (Å²) in [6, 6.07) is 5.54. The summed E-state index contributed by atoms with van der Waals surface area (Å²) in [5.74, 6) is -0.310. The van der Waals surface area contributed by atoms with E-state index < -0.39 is 10.0 Å². The van der Waals surface area contributed by atoms with Crippen molar-refractivity contribution in [2.75, 3.05) is 44.3 Å². The molecule has 0 aromatic heterocycles. The van der Waals surface area contributed by atoms with Gasteiger partial charge >= 0.3 is 0 Å².